The van der Waals surface area contributed by atoms with E-state index in [1.54, 1.807) is 0 Å². The lowest BCUT2D eigenvalue weighted by Crippen LogP contribution is -2.02. The van der Waals surface area contributed by atoms with Crippen LogP contribution >= 0.6 is 0 Å². The summed E-state index contributed by atoms with van der Waals surface area (Å²) >= 11 is 0. The van der Waals surface area contributed by atoms with Gasteiger partial charge in [0, 0.05) is 5.56 Å². The summed E-state index contributed by atoms with van der Waals surface area (Å²) < 4.78 is 4.86. The molecule has 2 aromatic rings. The van der Waals surface area contributed by atoms with E-state index in [1.807, 2.05) is 0 Å². The van der Waals surface area contributed by atoms with Crippen molar-refractivity contribution in [3.63, 3.8) is 0 Å². The summed E-state index contributed by atoms with van der Waals surface area (Å²) in [6, 6.07) is 6.26. The molecule has 6 nitrogen and oxygen atoms in total. The third-order valence-corrected chi connectivity index (χ3v) is 2.82. The van der Waals surface area contributed by atoms with Gasteiger partial charge in [0.05, 0.1) is 12.7 Å². The van der Waals surface area contributed by atoms with Crippen molar-refractivity contribution in [2.45, 2.75) is 0 Å². The number of methoxy groups -OCH3 is 1. The number of phenolic OH excluding ortho intramolecular Hbond substituents is 4. The minimum atomic E-state index is -0.770. The average Bonchev–Trinajstić information content (AvgIpc) is 2.44. The van der Waals surface area contributed by atoms with E-state index in [0.717, 1.165) is 6.07 Å². The Bertz CT molecular complexity index is 678. The van der Waals surface area contributed by atoms with Crippen LogP contribution in [0.3, 0.4) is 0 Å². The van der Waals surface area contributed by atoms with Crippen molar-refractivity contribution < 1.29 is 30.0 Å². The SMILES string of the molecule is COc1ccc(C(=O)c2ccc(O)c(O)c2O)cc1O. The van der Waals surface area contributed by atoms with Gasteiger partial charge in [-0.05, 0) is 30.3 Å². The Morgan fingerprint density at radius 1 is 0.950 bits per heavy atom. The van der Waals surface area contributed by atoms with Gasteiger partial charge in [-0.3, -0.25) is 4.79 Å². The molecule has 0 aliphatic rings. The predicted octanol–water partition coefficient (Wildman–Crippen LogP) is 1.75. The van der Waals surface area contributed by atoms with Gasteiger partial charge in [-0.2, -0.15) is 0 Å². The van der Waals surface area contributed by atoms with Crippen LogP contribution in [0, 0.1) is 0 Å². The standard InChI is InChI=1S/C14H12O6/c1-20-11-5-2-7(6-10(11)16)12(17)8-3-4-9(15)14(19)13(8)18/h2-6,15-16,18-19H,1H3. The highest BCUT2D eigenvalue weighted by atomic mass is 16.5. The topological polar surface area (TPSA) is 107 Å². The van der Waals surface area contributed by atoms with Gasteiger partial charge in [-0.15, -0.1) is 0 Å². The number of rotatable bonds is 3. The molecule has 0 spiro atoms. The van der Waals surface area contributed by atoms with Crippen LogP contribution in [0.1, 0.15) is 15.9 Å². The molecule has 0 saturated heterocycles. The zero-order valence-corrected chi connectivity index (χ0v) is 10.5. The first-order chi connectivity index (χ1) is 9.45. The largest absolute Gasteiger partial charge is 0.504 e. The smallest absolute Gasteiger partial charge is 0.201 e. The lowest BCUT2D eigenvalue weighted by molar-refractivity contribution is 0.103. The first kappa shape index (κ1) is 13.5. The Labute approximate surface area is 114 Å². The quantitative estimate of drug-likeness (QED) is 0.502. The summed E-state index contributed by atoms with van der Waals surface area (Å²) in [5.41, 5.74) is -0.0893. The van der Waals surface area contributed by atoms with E-state index in [9.17, 15) is 25.2 Å². The number of ether oxygens (including phenoxy) is 1. The van der Waals surface area contributed by atoms with Gasteiger partial charge >= 0.3 is 0 Å². The fraction of sp³-hybridized carbons (Fsp3) is 0.0714. The van der Waals surface area contributed by atoms with Crippen molar-refractivity contribution in [1.29, 1.82) is 0 Å². The Balaban J connectivity index is 2.47. The van der Waals surface area contributed by atoms with E-state index >= 15 is 0 Å². The average molecular weight is 276 g/mol. The molecular formula is C14H12O6. The molecule has 0 amide bonds. The highest BCUT2D eigenvalue weighted by Gasteiger charge is 2.19. The fourth-order valence-corrected chi connectivity index (χ4v) is 1.74. The lowest BCUT2D eigenvalue weighted by atomic mass is 10.0. The molecule has 0 fully saturated rings. The van der Waals surface area contributed by atoms with E-state index in [2.05, 4.69) is 0 Å². The fourth-order valence-electron chi connectivity index (χ4n) is 1.74. The van der Waals surface area contributed by atoms with Crippen LogP contribution in [0.5, 0.6) is 28.7 Å². The molecule has 104 valence electrons. The maximum atomic E-state index is 12.2. The van der Waals surface area contributed by atoms with Crippen molar-refractivity contribution in [1.82, 2.24) is 0 Å². The number of benzene rings is 2. The number of hydrogen-bond acceptors (Lipinski definition) is 6. The molecule has 0 radical (unpaired) electrons. The molecule has 0 heterocycles. The maximum absolute atomic E-state index is 12.2. The summed E-state index contributed by atoms with van der Waals surface area (Å²) in [6.07, 6.45) is 0. The van der Waals surface area contributed by atoms with Gasteiger partial charge in [0.25, 0.3) is 0 Å². The first-order valence-corrected chi connectivity index (χ1v) is 5.61. The zero-order chi connectivity index (χ0) is 14.9. The molecule has 6 heteroatoms. The van der Waals surface area contributed by atoms with E-state index < -0.39 is 23.0 Å². The van der Waals surface area contributed by atoms with Crippen molar-refractivity contribution in [2.75, 3.05) is 7.11 Å². The Morgan fingerprint density at radius 2 is 1.65 bits per heavy atom. The highest BCUT2D eigenvalue weighted by molar-refractivity contribution is 6.11. The Kier molecular flexibility index (Phi) is 3.39. The van der Waals surface area contributed by atoms with Crippen molar-refractivity contribution in [3.8, 4) is 28.7 Å². The molecule has 2 aromatic carbocycles. The van der Waals surface area contributed by atoms with Gasteiger partial charge in [-0.1, -0.05) is 0 Å². The van der Waals surface area contributed by atoms with Crippen LogP contribution in [0.2, 0.25) is 0 Å². The number of carbonyl (C=O) groups excluding carboxylic acids is 1. The van der Waals surface area contributed by atoms with Crippen LogP contribution in [-0.2, 0) is 0 Å². The summed E-state index contributed by atoms with van der Waals surface area (Å²) in [5, 5.41) is 37.9. The second-order valence-corrected chi connectivity index (χ2v) is 4.05. The zero-order valence-electron chi connectivity index (χ0n) is 10.5. The normalized spacial score (nSPS) is 10.2. The van der Waals surface area contributed by atoms with E-state index in [4.69, 9.17) is 4.74 Å². The molecule has 0 atom stereocenters. The third kappa shape index (κ3) is 2.18. The molecular weight excluding hydrogens is 264 g/mol. The van der Waals surface area contributed by atoms with E-state index in [0.29, 0.717) is 0 Å². The minimum Gasteiger partial charge on any atom is -0.504 e. The van der Waals surface area contributed by atoms with Crippen molar-refractivity contribution in [2.24, 2.45) is 0 Å². The summed E-state index contributed by atoms with van der Waals surface area (Å²) in [4.78, 5) is 12.2. The maximum Gasteiger partial charge on any atom is 0.201 e. The number of ketones is 1. The monoisotopic (exact) mass is 276 g/mol. The molecule has 0 saturated carbocycles. The summed E-state index contributed by atoms with van der Waals surface area (Å²) in [7, 11) is 1.38. The molecule has 0 aliphatic carbocycles. The third-order valence-electron chi connectivity index (χ3n) is 2.82. The van der Waals surface area contributed by atoms with Gasteiger partial charge in [0.2, 0.25) is 5.75 Å². The van der Waals surface area contributed by atoms with Gasteiger partial charge in [0.15, 0.2) is 28.8 Å². The van der Waals surface area contributed by atoms with E-state index in [1.165, 1.54) is 31.4 Å². The van der Waals surface area contributed by atoms with Crippen molar-refractivity contribution in [3.05, 3.63) is 41.5 Å². The molecule has 2 rings (SSSR count). The molecule has 0 bridgehead atoms. The Hall–Kier alpha value is -2.89. The molecule has 20 heavy (non-hydrogen) atoms. The van der Waals surface area contributed by atoms with Crippen LogP contribution in [0.25, 0.3) is 0 Å². The second-order valence-electron chi connectivity index (χ2n) is 4.05. The van der Waals surface area contributed by atoms with Crippen LogP contribution in [0.15, 0.2) is 30.3 Å². The number of aromatic hydroxyl groups is 4. The predicted molar refractivity (Wildman–Crippen MR) is 69.5 cm³/mol. The summed E-state index contributed by atoms with van der Waals surface area (Å²) in [5.74, 6) is -2.65. The van der Waals surface area contributed by atoms with Crippen LogP contribution < -0.4 is 4.74 Å². The summed E-state index contributed by atoms with van der Waals surface area (Å²) in [6.45, 7) is 0. The van der Waals surface area contributed by atoms with Gasteiger partial charge < -0.3 is 25.2 Å². The lowest BCUT2D eigenvalue weighted by Gasteiger charge is -2.08. The minimum absolute atomic E-state index is 0.101. The van der Waals surface area contributed by atoms with E-state index in [-0.39, 0.29) is 22.6 Å². The highest BCUT2D eigenvalue weighted by Crippen LogP contribution is 2.38. The first-order valence-electron chi connectivity index (χ1n) is 5.61. The molecule has 0 aromatic heterocycles. The van der Waals surface area contributed by atoms with Gasteiger partial charge in [-0.25, -0.2) is 0 Å². The number of phenols is 4. The van der Waals surface area contributed by atoms with Gasteiger partial charge in [0.1, 0.15) is 0 Å². The molecule has 0 unspecified atom stereocenters. The van der Waals surface area contributed by atoms with Crippen molar-refractivity contribution >= 4 is 5.78 Å². The number of hydrogen-bond donors (Lipinski definition) is 4. The Morgan fingerprint density at radius 3 is 2.25 bits per heavy atom. The molecule has 0 aliphatic heterocycles. The van der Waals surface area contributed by atoms with Crippen LogP contribution in [-0.4, -0.2) is 33.3 Å². The second kappa shape index (κ2) is 5.00. The van der Waals surface area contributed by atoms with Crippen LogP contribution in [0.4, 0.5) is 0 Å². The molecule has 4 N–H and O–H groups in total. The number of carbonyl (C=O) groups is 1.